The van der Waals surface area contributed by atoms with Gasteiger partial charge in [0.05, 0.1) is 0 Å². The molecule has 0 aliphatic carbocycles. The topological polar surface area (TPSA) is 68.2 Å². The Morgan fingerprint density at radius 3 is 3.06 bits per heavy atom. The predicted octanol–water partition coefficient (Wildman–Crippen LogP) is 0.670. The molecule has 1 aromatic heterocycles. The largest absolute Gasteiger partial charge is 0.343 e. The maximum absolute atomic E-state index is 6.06. The minimum atomic E-state index is 0.344. The van der Waals surface area contributed by atoms with Gasteiger partial charge < -0.3 is 10.3 Å². The maximum atomic E-state index is 6.06. The first-order valence-electron chi connectivity index (χ1n) is 5.93. The molecule has 3 atom stereocenters. The van der Waals surface area contributed by atoms with Crippen molar-refractivity contribution in [1.29, 1.82) is 0 Å². The summed E-state index contributed by atoms with van der Waals surface area (Å²) in [4.78, 5) is 6.49. The maximum Gasteiger partial charge on any atom is 0.213 e. The van der Waals surface area contributed by atoms with Crippen LogP contribution in [0.15, 0.2) is 10.9 Å². The van der Waals surface area contributed by atoms with Crippen molar-refractivity contribution in [2.75, 3.05) is 13.1 Å². The zero-order valence-electron chi connectivity index (χ0n) is 9.97. The third kappa shape index (κ3) is 2.41. The van der Waals surface area contributed by atoms with Crippen LogP contribution in [0, 0.1) is 5.92 Å². The van der Waals surface area contributed by atoms with Crippen molar-refractivity contribution in [2.24, 2.45) is 11.7 Å². The summed E-state index contributed by atoms with van der Waals surface area (Å²) in [5, 5.41) is 3.82. The standard InChI is InChI=1S/C11H20N4O/c1-8-9(2)15(5-3-10(8)12)6-4-11-13-7-16-14-11/h7-10H,3-6,12H2,1-2H3. The third-order valence-electron chi connectivity index (χ3n) is 3.79. The van der Waals surface area contributed by atoms with Crippen LogP contribution in [-0.4, -0.2) is 40.2 Å². The van der Waals surface area contributed by atoms with Crippen molar-refractivity contribution in [3.63, 3.8) is 0 Å². The fourth-order valence-electron chi connectivity index (χ4n) is 2.33. The van der Waals surface area contributed by atoms with E-state index in [0.29, 0.717) is 18.0 Å². The Morgan fingerprint density at radius 1 is 1.56 bits per heavy atom. The van der Waals surface area contributed by atoms with Gasteiger partial charge >= 0.3 is 0 Å². The van der Waals surface area contributed by atoms with E-state index in [9.17, 15) is 0 Å². The van der Waals surface area contributed by atoms with Gasteiger partial charge in [-0.25, -0.2) is 0 Å². The van der Waals surface area contributed by atoms with Crippen molar-refractivity contribution in [1.82, 2.24) is 15.0 Å². The number of hydrogen-bond donors (Lipinski definition) is 1. The lowest BCUT2D eigenvalue weighted by Crippen LogP contribution is -2.52. The van der Waals surface area contributed by atoms with Gasteiger partial charge in [-0.3, -0.25) is 4.90 Å². The van der Waals surface area contributed by atoms with Gasteiger partial charge in [0.2, 0.25) is 6.39 Å². The van der Waals surface area contributed by atoms with Crippen LogP contribution in [0.3, 0.4) is 0 Å². The van der Waals surface area contributed by atoms with Gasteiger partial charge in [-0.2, -0.15) is 4.98 Å². The number of rotatable bonds is 3. The molecular weight excluding hydrogens is 204 g/mol. The second-order valence-electron chi connectivity index (χ2n) is 4.69. The van der Waals surface area contributed by atoms with Crippen LogP contribution in [0.4, 0.5) is 0 Å². The molecule has 0 saturated carbocycles. The second-order valence-corrected chi connectivity index (χ2v) is 4.69. The fraction of sp³-hybridized carbons (Fsp3) is 0.818. The van der Waals surface area contributed by atoms with Crippen LogP contribution in [0.2, 0.25) is 0 Å². The summed E-state index contributed by atoms with van der Waals surface area (Å²) in [7, 11) is 0. The van der Waals surface area contributed by atoms with Crippen LogP contribution < -0.4 is 5.73 Å². The lowest BCUT2D eigenvalue weighted by molar-refractivity contribution is 0.0985. The molecule has 90 valence electrons. The molecule has 0 aromatic carbocycles. The third-order valence-corrected chi connectivity index (χ3v) is 3.79. The molecule has 3 unspecified atom stereocenters. The van der Waals surface area contributed by atoms with Crippen molar-refractivity contribution in [2.45, 2.75) is 38.8 Å². The molecule has 0 radical (unpaired) electrons. The quantitative estimate of drug-likeness (QED) is 0.817. The van der Waals surface area contributed by atoms with Crippen LogP contribution >= 0.6 is 0 Å². The Morgan fingerprint density at radius 2 is 2.38 bits per heavy atom. The molecule has 5 nitrogen and oxygen atoms in total. The number of aromatic nitrogens is 2. The Bertz CT molecular complexity index is 314. The molecule has 0 amide bonds. The van der Waals surface area contributed by atoms with E-state index in [-0.39, 0.29) is 0 Å². The molecule has 2 N–H and O–H groups in total. The average Bonchev–Trinajstić information content (AvgIpc) is 2.78. The molecular formula is C11H20N4O. The summed E-state index contributed by atoms with van der Waals surface area (Å²) in [6, 6.07) is 0.882. The Labute approximate surface area is 96.0 Å². The van der Waals surface area contributed by atoms with Crippen LogP contribution in [-0.2, 0) is 6.42 Å². The van der Waals surface area contributed by atoms with Gasteiger partial charge in [0.1, 0.15) is 0 Å². The van der Waals surface area contributed by atoms with Crippen molar-refractivity contribution >= 4 is 0 Å². The second kappa shape index (κ2) is 4.93. The lowest BCUT2D eigenvalue weighted by Gasteiger charge is -2.41. The highest BCUT2D eigenvalue weighted by Gasteiger charge is 2.29. The molecule has 1 aliphatic rings. The van der Waals surface area contributed by atoms with Crippen molar-refractivity contribution in [3.05, 3.63) is 12.2 Å². The first-order valence-corrected chi connectivity index (χ1v) is 5.93. The number of likely N-dealkylation sites (tertiary alicyclic amines) is 1. The minimum absolute atomic E-state index is 0.344. The summed E-state index contributed by atoms with van der Waals surface area (Å²) in [6.07, 6.45) is 3.31. The molecule has 1 saturated heterocycles. The van der Waals surface area contributed by atoms with Crippen molar-refractivity contribution < 1.29 is 4.52 Å². The van der Waals surface area contributed by atoms with E-state index in [4.69, 9.17) is 10.3 Å². The molecule has 16 heavy (non-hydrogen) atoms. The van der Waals surface area contributed by atoms with Crippen LogP contribution in [0.1, 0.15) is 26.1 Å². The average molecular weight is 224 g/mol. The van der Waals surface area contributed by atoms with E-state index in [1.807, 2.05) is 0 Å². The van der Waals surface area contributed by atoms with Gasteiger partial charge in [0, 0.05) is 25.0 Å². The fourth-order valence-corrected chi connectivity index (χ4v) is 2.33. The number of hydrogen-bond acceptors (Lipinski definition) is 5. The van der Waals surface area contributed by atoms with E-state index < -0.39 is 0 Å². The highest BCUT2D eigenvalue weighted by atomic mass is 16.5. The smallest absolute Gasteiger partial charge is 0.213 e. The van der Waals surface area contributed by atoms with Gasteiger partial charge in [0.15, 0.2) is 5.82 Å². The Kier molecular flexibility index (Phi) is 3.56. The van der Waals surface area contributed by atoms with Gasteiger partial charge in [-0.1, -0.05) is 12.1 Å². The molecule has 0 bridgehead atoms. The molecule has 5 heteroatoms. The van der Waals surface area contributed by atoms with Crippen molar-refractivity contribution in [3.8, 4) is 0 Å². The molecule has 0 spiro atoms. The Hall–Kier alpha value is -0.940. The zero-order chi connectivity index (χ0) is 11.5. The van der Waals surface area contributed by atoms with E-state index in [1.54, 1.807) is 0 Å². The summed E-state index contributed by atoms with van der Waals surface area (Å²) in [5.41, 5.74) is 6.06. The van der Waals surface area contributed by atoms with Gasteiger partial charge in [-0.05, 0) is 25.8 Å². The van der Waals surface area contributed by atoms with E-state index in [2.05, 4.69) is 28.9 Å². The summed E-state index contributed by atoms with van der Waals surface area (Å²) in [6.45, 7) is 6.54. The SMILES string of the molecule is CC1C(N)CCN(CCc2ncon2)C1C. The summed E-state index contributed by atoms with van der Waals surface area (Å²) >= 11 is 0. The Balaban J connectivity index is 1.86. The molecule has 1 aliphatic heterocycles. The first-order chi connectivity index (χ1) is 7.68. The molecule has 2 heterocycles. The van der Waals surface area contributed by atoms with Gasteiger partial charge in [-0.15, -0.1) is 0 Å². The highest BCUT2D eigenvalue weighted by Crippen LogP contribution is 2.22. The van der Waals surface area contributed by atoms with E-state index in [0.717, 1.165) is 31.8 Å². The molecule has 1 aromatic rings. The lowest BCUT2D eigenvalue weighted by atomic mass is 9.87. The molecule has 2 rings (SSSR count). The van der Waals surface area contributed by atoms with E-state index >= 15 is 0 Å². The van der Waals surface area contributed by atoms with Gasteiger partial charge in [0.25, 0.3) is 0 Å². The van der Waals surface area contributed by atoms with Crippen LogP contribution in [0.25, 0.3) is 0 Å². The monoisotopic (exact) mass is 224 g/mol. The molecule has 1 fully saturated rings. The normalized spacial score (nSPS) is 31.8. The number of piperidine rings is 1. The number of nitrogens with zero attached hydrogens (tertiary/aromatic N) is 3. The van der Waals surface area contributed by atoms with Crippen LogP contribution in [0.5, 0.6) is 0 Å². The summed E-state index contributed by atoms with van der Waals surface area (Å²) in [5.74, 6) is 1.34. The number of nitrogens with two attached hydrogens (primary N) is 1. The first kappa shape index (κ1) is 11.5. The highest BCUT2D eigenvalue weighted by molar-refractivity contribution is 4.88. The summed E-state index contributed by atoms with van der Waals surface area (Å²) < 4.78 is 4.72. The van der Waals surface area contributed by atoms with E-state index in [1.165, 1.54) is 6.39 Å². The predicted molar refractivity (Wildman–Crippen MR) is 60.8 cm³/mol. The zero-order valence-corrected chi connectivity index (χ0v) is 9.97. The minimum Gasteiger partial charge on any atom is -0.343 e.